The Morgan fingerprint density at radius 3 is 2.43 bits per heavy atom. The van der Waals surface area contributed by atoms with Crippen molar-refractivity contribution in [1.29, 1.82) is 0 Å². The van der Waals surface area contributed by atoms with Crippen LogP contribution in [0.1, 0.15) is 47.2 Å². The Hall–Kier alpha value is -2.96. The SMILES string of the molecule is CCCCc1nc(Cl)c(CO)n1Cc1ccc(NC(=O)C(=O)c2ccccc2)cc1. The lowest BCUT2D eigenvalue weighted by Gasteiger charge is -2.12. The van der Waals surface area contributed by atoms with Gasteiger partial charge in [0.1, 0.15) is 5.82 Å². The minimum atomic E-state index is -0.681. The Balaban J connectivity index is 1.71. The maximum Gasteiger partial charge on any atom is 0.296 e. The van der Waals surface area contributed by atoms with Crippen molar-refractivity contribution in [1.82, 2.24) is 9.55 Å². The Kier molecular flexibility index (Phi) is 7.38. The number of hydrogen-bond acceptors (Lipinski definition) is 4. The monoisotopic (exact) mass is 425 g/mol. The largest absolute Gasteiger partial charge is 0.390 e. The first kappa shape index (κ1) is 21.7. The third-order valence-corrected chi connectivity index (χ3v) is 5.10. The van der Waals surface area contributed by atoms with Crippen LogP contribution in [-0.2, 0) is 24.4 Å². The molecule has 0 atom stereocenters. The first-order valence-electron chi connectivity index (χ1n) is 9.87. The van der Waals surface area contributed by atoms with Crippen LogP contribution in [-0.4, -0.2) is 26.3 Å². The highest BCUT2D eigenvalue weighted by molar-refractivity contribution is 6.46. The molecule has 7 heteroatoms. The van der Waals surface area contributed by atoms with Gasteiger partial charge in [0, 0.05) is 24.2 Å². The van der Waals surface area contributed by atoms with Gasteiger partial charge in [0.15, 0.2) is 5.15 Å². The highest BCUT2D eigenvalue weighted by atomic mass is 35.5. The molecule has 156 valence electrons. The highest BCUT2D eigenvalue weighted by Crippen LogP contribution is 2.21. The Morgan fingerprint density at radius 1 is 1.10 bits per heavy atom. The number of aromatic nitrogens is 2. The number of anilines is 1. The van der Waals surface area contributed by atoms with Gasteiger partial charge in [0.25, 0.3) is 11.7 Å². The van der Waals surface area contributed by atoms with E-state index in [1.54, 1.807) is 42.5 Å². The van der Waals surface area contributed by atoms with Gasteiger partial charge in [-0.1, -0.05) is 67.4 Å². The highest BCUT2D eigenvalue weighted by Gasteiger charge is 2.17. The predicted octanol–water partition coefficient (Wildman–Crippen LogP) is 4.24. The van der Waals surface area contributed by atoms with Crippen LogP contribution in [0.15, 0.2) is 54.6 Å². The summed E-state index contributed by atoms with van der Waals surface area (Å²) >= 11 is 6.19. The number of aliphatic hydroxyl groups excluding tert-OH is 1. The number of hydrogen-bond donors (Lipinski definition) is 2. The van der Waals surface area contributed by atoms with Crippen LogP contribution in [0.5, 0.6) is 0 Å². The number of halogens is 1. The molecule has 0 bridgehead atoms. The second-order valence-corrected chi connectivity index (χ2v) is 7.32. The third-order valence-electron chi connectivity index (χ3n) is 4.80. The first-order valence-corrected chi connectivity index (χ1v) is 10.3. The number of nitrogens with zero attached hydrogens (tertiary/aromatic N) is 2. The maximum absolute atomic E-state index is 12.2. The van der Waals surface area contributed by atoms with Crippen molar-refractivity contribution in [2.24, 2.45) is 0 Å². The van der Waals surface area contributed by atoms with Crippen LogP contribution in [0.3, 0.4) is 0 Å². The quantitative estimate of drug-likeness (QED) is 0.396. The smallest absolute Gasteiger partial charge is 0.296 e. The Morgan fingerprint density at radius 2 is 1.80 bits per heavy atom. The van der Waals surface area contributed by atoms with Crippen molar-refractivity contribution < 1.29 is 14.7 Å². The molecule has 0 spiro atoms. The summed E-state index contributed by atoms with van der Waals surface area (Å²) in [6, 6.07) is 15.6. The minimum Gasteiger partial charge on any atom is -0.390 e. The molecule has 3 rings (SSSR count). The van der Waals surface area contributed by atoms with Crippen LogP contribution in [0.25, 0.3) is 0 Å². The van der Waals surface area contributed by atoms with Gasteiger partial charge in [-0.3, -0.25) is 9.59 Å². The van der Waals surface area contributed by atoms with E-state index in [0.717, 1.165) is 30.7 Å². The molecule has 2 aromatic carbocycles. The zero-order valence-electron chi connectivity index (χ0n) is 16.8. The van der Waals surface area contributed by atoms with Crippen LogP contribution >= 0.6 is 11.6 Å². The second kappa shape index (κ2) is 10.2. The molecule has 6 nitrogen and oxygen atoms in total. The van der Waals surface area contributed by atoms with Crippen molar-refractivity contribution in [2.75, 3.05) is 5.32 Å². The number of imidazole rings is 1. The standard InChI is InChI=1S/C23H24ClN3O3/c1-2-3-9-20-26-22(24)19(15-28)27(20)14-16-10-12-18(13-11-16)25-23(30)21(29)17-7-5-4-6-8-17/h4-8,10-13,28H,2-3,9,14-15H2,1H3,(H,25,30). The summed E-state index contributed by atoms with van der Waals surface area (Å²) in [6.07, 6.45) is 2.81. The van der Waals surface area contributed by atoms with Gasteiger partial charge >= 0.3 is 0 Å². The number of aryl methyl sites for hydroxylation is 1. The van der Waals surface area contributed by atoms with Crippen LogP contribution in [0.2, 0.25) is 5.15 Å². The first-order chi connectivity index (χ1) is 14.5. The molecule has 0 unspecified atom stereocenters. The summed E-state index contributed by atoms with van der Waals surface area (Å²) in [5.74, 6) is -0.419. The summed E-state index contributed by atoms with van der Waals surface area (Å²) < 4.78 is 1.94. The molecule has 0 saturated heterocycles. The molecule has 0 radical (unpaired) electrons. The predicted molar refractivity (Wildman–Crippen MR) is 117 cm³/mol. The van der Waals surface area contributed by atoms with Crippen molar-refractivity contribution in [2.45, 2.75) is 39.3 Å². The molecule has 1 heterocycles. The molecule has 0 saturated carbocycles. The van der Waals surface area contributed by atoms with E-state index in [1.807, 2.05) is 16.7 Å². The van der Waals surface area contributed by atoms with Gasteiger partial charge in [-0.15, -0.1) is 0 Å². The maximum atomic E-state index is 12.2. The fourth-order valence-corrected chi connectivity index (χ4v) is 3.41. The van der Waals surface area contributed by atoms with E-state index in [0.29, 0.717) is 28.6 Å². The zero-order chi connectivity index (χ0) is 21.5. The number of unbranched alkanes of at least 4 members (excludes halogenated alkanes) is 1. The lowest BCUT2D eigenvalue weighted by molar-refractivity contribution is -0.112. The summed E-state index contributed by atoms with van der Waals surface area (Å²) in [4.78, 5) is 28.8. The molecule has 30 heavy (non-hydrogen) atoms. The van der Waals surface area contributed by atoms with Crippen LogP contribution in [0.4, 0.5) is 5.69 Å². The van der Waals surface area contributed by atoms with E-state index in [2.05, 4.69) is 17.2 Å². The summed E-state index contributed by atoms with van der Waals surface area (Å²) in [6.45, 7) is 2.43. The number of rotatable bonds is 9. The van der Waals surface area contributed by atoms with E-state index in [4.69, 9.17) is 11.6 Å². The fraction of sp³-hybridized carbons (Fsp3) is 0.261. The van der Waals surface area contributed by atoms with Gasteiger partial charge in [0.2, 0.25) is 0 Å². The molecular formula is C23H24ClN3O3. The second-order valence-electron chi connectivity index (χ2n) is 6.96. The molecule has 0 aliphatic heterocycles. The lowest BCUT2D eigenvalue weighted by Crippen LogP contribution is -2.22. The van der Waals surface area contributed by atoms with Gasteiger partial charge in [-0.2, -0.15) is 0 Å². The summed E-state index contributed by atoms with van der Waals surface area (Å²) in [5.41, 5.74) is 2.43. The molecule has 0 aliphatic rings. The van der Waals surface area contributed by atoms with E-state index in [9.17, 15) is 14.7 Å². The minimum absolute atomic E-state index is 0.187. The molecule has 0 aliphatic carbocycles. The van der Waals surface area contributed by atoms with E-state index in [-0.39, 0.29) is 6.61 Å². The van der Waals surface area contributed by atoms with E-state index < -0.39 is 11.7 Å². The molecule has 1 amide bonds. The van der Waals surface area contributed by atoms with Crippen molar-refractivity contribution in [3.63, 3.8) is 0 Å². The number of ketones is 1. The number of amides is 1. The van der Waals surface area contributed by atoms with Crippen LogP contribution in [0, 0.1) is 0 Å². The fourth-order valence-electron chi connectivity index (χ4n) is 3.15. The Bertz CT molecular complexity index is 1010. The van der Waals surface area contributed by atoms with Crippen molar-refractivity contribution in [3.8, 4) is 0 Å². The van der Waals surface area contributed by atoms with Gasteiger partial charge in [-0.25, -0.2) is 4.98 Å². The van der Waals surface area contributed by atoms with E-state index >= 15 is 0 Å². The Labute approximate surface area is 180 Å². The molecule has 1 aromatic heterocycles. The number of benzene rings is 2. The number of nitrogens with one attached hydrogen (secondary N) is 1. The molecular weight excluding hydrogens is 402 g/mol. The molecule has 3 aromatic rings. The van der Waals surface area contributed by atoms with Crippen molar-refractivity contribution in [3.05, 3.63) is 82.4 Å². The average molecular weight is 426 g/mol. The third kappa shape index (κ3) is 5.14. The lowest BCUT2D eigenvalue weighted by atomic mass is 10.1. The van der Waals surface area contributed by atoms with Crippen LogP contribution < -0.4 is 5.32 Å². The summed E-state index contributed by atoms with van der Waals surface area (Å²) in [7, 11) is 0. The number of carbonyl (C=O) groups is 2. The summed E-state index contributed by atoms with van der Waals surface area (Å²) in [5, 5.41) is 12.6. The normalized spacial score (nSPS) is 10.8. The topological polar surface area (TPSA) is 84.2 Å². The average Bonchev–Trinajstić information content (AvgIpc) is 3.07. The number of aliphatic hydroxyl groups is 1. The zero-order valence-corrected chi connectivity index (χ0v) is 17.5. The van der Waals surface area contributed by atoms with E-state index in [1.165, 1.54) is 0 Å². The number of carbonyl (C=O) groups excluding carboxylic acids is 2. The van der Waals surface area contributed by atoms with Crippen molar-refractivity contribution >= 4 is 29.0 Å². The van der Waals surface area contributed by atoms with Gasteiger partial charge < -0.3 is 15.0 Å². The van der Waals surface area contributed by atoms with Gasteiger partial charge in [0.05, 0.1) is 12.3 Å². The molecule has 0 fully saturated rings. The number of Topliss-reactive ketones (excluding diaryl/α,β-unsaturated/α-hetero) is 1. The van der Waals surface area contributed by atoms with Gasteiger partial charge in [-0.05, 0) is 24.1 Å². The molecule has 2 N–H and O–H groups in total.